The van der Waals surface area contributed by atoms with E-state index in [0.29, 0.717) is 36.1 Å². The van der Waals surface area contributed by atoms with Crippen LogP contribution in [0.1, 0.15) is 55.3 Å². The number of alkyl halides is 3. The smallest absolute Gasteiger partial charge is 0.416 e. The van der Waals surface area contributed by atoms with Crippen molar-refractivity contribution in [2.75, 3.05) is 23.7 Å². The maximum Gasteiger partial charge on any atom is 0.416 e. The highest BCUT2D eigenvalue weighted by Crippen LogP contribution is 2.35. The molecule has 2 heterocycles. The first-order valence-electron chi connectivity index (χ1n) is 12.1. The van der Waals surface area contributed by atoms with Crippen molar-refractivity contribution in [2.24, 2.45) is 7.05 Å². The number of hydrogen-bond acceptors (Lipinski definition) is 5. The van der Waals surface area contributed by atoms with E-state index in [4.69, 9.17) is 0 Å². The van der Waals surface area contributed by atoms with E-state index in [9.17, 15) is 32.7 Å². The van der Waals surface area contributed by atoms with Crippen LogP contribution in [-0.4, -0.2) is 44.9 Å². The minimum Gasteiger partial charge on any atom is -0.465 e. The van der Waals surface area contributed by atoms with Crippen LogP contribution in [0.15, 0.2) is 41.2 Å². The fourth-order valence-corrected chi connectivity index (χ4v) is 4.78. The Morgan fingerprint density at radius 2 is 1.89 bits per heavy atom. The highest BCUT2D eigenvalue weighted by Gasteiger charge is 2.32. The van der Waals surface area contributed by atoms with Crippen molar-refractivity contribution in [1.82, 2.24) is 14.7 Å². The molecule has 0 radical (unpaired) electrons. The van der Waals surface area contributed by atoms with Crippen molar-refractivity contribution in [1.29, 1.82) is 0 Å². The molecule has 2 aromatic carbocycles. The van der Waals surface area contributed by atoms with Gasteiger partial charge in [0.2, 0.25) is 5.91 Å². The number of likely N-dealkylation sites (tertiary alicyclic amines) is 1. The minimum absolute atomic E-state index is 0.0109. The van der Waals surface area contributed by atoms with Crippen molar-refractivity contribution in [3.05, 3.63) is 63.4 Å². The fourth-order valence-electron chi connectivity index (χ4n) is 4.78. The van der Waals surface area contributed by atoms with E-state index in [0.717, 1.165) is 28.8 Å². The molecule has 3 N–H and O–H groups in total. The van der Waals surface area contributed by atoms with E-state index < -0.39 is 29.8 Å². The summed E-state index contributed by atoms with van der Waals surface area (Å²) in [6.07, 6.45) is -4.12. The molecular weight excluding hydrogens is 503 g/mol. The average molecular weight is 532 g/mol. The van der Waals surface area contributed by atoms with Gasteiger partial charge in [0.15, 0.2) is 5.82 Å². The SMILES string of the molecule is CC(=O)Nc1cc([C@@H](C)Nc2nn(C)c(=O)c3ccc(C4CCCN(C(=O)O)C4)cc23)cc(C(F)(F)F)c1. The van der Waals surface area contributed by atoms with Crippen LogP contribution in [0.25, 0.3) is 10.8 Å². The van der Waals surface area contributed by atoms with Gasteiger partial charge in [-0.05, 0) is 61.2 Å². The molecule has 1 aliphatic rings. The zero-order chi connectivity index (χ0) is 27.8. The van der Waals surface area contributed by atoms with Crippen LogP contribution < -0.4 is 16.2 Å². The Bertz CT molecular complexity index is 1450. The lowest BCUT2D eigenvalue weighted by atomic mass is 9.89. The maximum absolute atomic E-state index is 13.6. The second-order valence-electron chi connectivity index (χ2n) is 9.54. The van der Waals surface area contributed by atoms with Gasteiger partial charge >= 0.3 is 12.3 Å². The van der Waals surface area contributed by atoms with Gasteiger partial charge in [-0.25, -0.2) is 9.48 Å². The summed E-state index contributed by atoms with van der Waals surface area (Å²) in [5, 5.41) is 20.1. The van der Waals surface area contributed by atoms with Crippen molar-refractivity contribution < 1.29 is 27.9 Å². The largest absolute Gasteiger partial charge is 0.465 e. The molecule has 0 saturated carbocycles. The Hall–Kier alpha value is -4.09. The maximum atomic E-state index is 13.6. The first kappa shape index (κ1) is 27.0. The van der Waals surface area contributed by atoms with Gasteiger partial charge in [0.25, 0.3) is 5.56 Å². The molecule has 1 unspecified atom stereocenters. The molecule has 38 heavy (non-hydrogen) atoms. The number of benzene rings is 2. The molecule has 2 amide bonds. The summed E-state index contributed by atoms with van der Waals surface area (Å²) in [5.41, 5.74) is -0.133. The number of carbonyl (C=O) groups excluding carboxylic acids is 1. The number of piperidine rings is 1. The third-order valence-electron chi connectivity index (χ3n) is 6.69. The highest BCUT2D eigenvalue weighted by atomic mass is 19.4. The quantitative estimate of drug-likeness (QED) is 0.430. The van der Waals surface area contributed by atoms with Crippen molar-refractivity contribution in [3.63, 3.8) is 0 Å². The molecule has 1 saturated heterocycles. The molecule has 202 valence electrons. The van der Waals surface area contributed by atoms with Crippen LogP contribution in [0, 0.1) is 0 Å². The molecule has 1 fully saturated rings. The third-order valence-corrected chi connectivity index (χ3v) is 6.69. The Labute approximate surface area is 216 Å². The summed E-state index contributed by atoms with van der Waals surface area (Å²) in [7, 11) is 1.48. The molecule has 0 bridgehead atoms. The van der Waals surface area contributed by atoms with Crippen LogP contribution in [0.4, 0.5) is 29.5 Å². The Morgan fingerprint density at radius 1 is 1.16 bits per heavy atom. The van der Waals surface area contributed by atoms with E-state index in [1.54, 1.807) is 25.1 Å². The molecule has 1 aliphatic heterocycles. The van der Waals surface area contributed by atoms with E-state index in [-0.39, 0.29) is 22.7 Å². The number of carboxylic acid groups (broad SMARTS) is 1. The first-order valence-corrected chi connectivity index (χ1v) is 12.1. The number of anilines is 2. The van der Waals surface area contributed by atoms with E-state index in [1.807, 2.05) is 0 Å². The van der Waals surface area contributed by atoms with Gasteiger partial charge in [0, 0.05) is 44.1 Å². The number of aryl methyl sites for hydroxylation is 1. The summed E-state index contributed by atoms with van der Waals surface area (Å²) < 4.78 is 41.8. The van der Waals surface area contributed by atoms with Gasteiger partial charge in [-0.2, -0.15) is 18.3 Å². The van der Waals surface area contributed by atoms with Crippen LogP contribution >= 0.6 is 0 Å². The van der Waals surface area contributed by atoms with Gasteiger partial charge in [-0.1, -0.05) is 6.07 Å². The number of fused-ring (bicyclic) bond motifs is 1. The normalized spacial score (nSPS) is 16.8. The molecule has 12 heteroatoms. The standard InChI is InChI=1S/C26H28F3N5O4/c1-14(18-9-19(26(27,28)29)12-20(10-18)31-15(2)35)30-23-22-11-16(6-7-21(22)24(36)33(3)32-23)17-5-4-8-34(13-17)25(37)38/h6-7,9-12,14,17H,4-5,8,13H2,1-3H3,(H,30,32)(H,31,35)(H,37,38)/t14-,17?/m1/s1. The van der Waals surface area contributed by atoms with Crippen molar-refractivity contribution in [3.8, 4) is 0 Å². The summed E-state index contributed by atoms with van der Waals surface area (Å²) in [4.78, 5) is 37.1. The topological polar surface area (TPSA) is 117 Å². The van der Waals surface area contributed by atoms with Crippen LogP contribution in [0.2, 0.25) is 0 Å². The minimum atomic E-state index is -4.62. The van der Waals surface area contributed by atoms with Crippen LogP contribution in [0.5, 0.6) is 0 Å². The van der Waals surface area contributed by atoms with E-state index >= 15 is 0 Å². The number of aromatic nitrogens is 2. The summed E-state index contributed by atoms with van der Waals surface area (Å²) in [6, 6.07) is 7.91. The molecule has 0 spiro atoms. The molecule has 9 nitrogen and oxygen atoms in total. The first-order chi connectivity index (χ1) is 17.8. The van der Waals surface area contributed by atoms with Gasteiger partial charge in [-0.15, -0.1) is 0 Å². The predicted molar refractivity (Wildman–Crippen MR) is 136 cm³/mol. The van der Waals surface area contributed by atoms with Crippen molar-refractivity contribution in [2.45, 2.75) is 44.8 Å². The van der Waals surface area contributed by atoms with E-state index in [2.05, 4.69) is 15.7 Å². The molecule has 1 aromatic heterocycles. The third kappa shape index (κ3) is 5.74. The second-order valence-corrected chi connectivity index (χ2v) is 9.54. The number of rotatable bonds is 5. The number of amides is 2. The van der Waals surface area contributed by atoms with Gasteiger partial charge < -0.3 is 20.6 Å². The van der Waals surface area contributed by atoms with Crippen LogP contribution in [-0.2, 0) is 18.0 Å². The van der Waals surface area contributed by atoms with Gasteiger partial charge in [0.1, 0.15) is 0 Å². The Balaban J connectivity index is 1.74. The van der Waals surface area contributed by atoms with E-state index in [1.165, 1.54) is 24.9 Å². The molecule has 3 aromatic rings. The fraction of sp³-hybridized carbons (Fsp3) is 0.385. The average Bonchev–Trinajstić information content (AvgIpc) is 2.85. The van der Waals surface area contributed by atoms with Crippen molar-refractivity contribution >= 4 is 34.3 Å². The molecule has 0 aliphatic carbocycles. The zero-order valence-electron chi connectivity index (χ0n) is 21.1. The second kappa shape index (κ2) is 10.3. The Kier molecular flexibility index (Phi) is 7.34. The Morgan fingerprint density at radius 3 is 2.55 bits per heavy atom. The molecule has 2 atom stereocenters. The molecule has 4 rings (SSSR count). The molecular formula is C26H28F3N5O4. The predicted octanol–water partition coefficient (Wildman–Crippen LogP) is 4.94. The zero-order valence-corrected chi connectivity index (χ0v) is 21.1. The number of hydrogen-bond donors (Lipinski definition) is 3. The lowest BCUT2D eigenvalue weighted by Crippen LogP contribution is -2.38. The lowest BCUT2D eigenvalue weighted by molar-refractivity contribution is -0.137. The number of halogens is 3. The van der Waals surface area contributed by atoms with Crippen LogP contribution in [0.3, 0.4) is 0 Å². The number of nitrogens with one attached hydrogen (secondary N) is 2. The van der Waals surface area contributed by atoms with Gasteiger partial charge in [-0.3, -0.25) is 9.59 Å². The monoisotopic (exact) mass is 531 g/mol. The van der Waals surface area contributed by atoms with Gasteiger partial charge in [0.05, 0.1) is 17.0 Å². The highest BCUT2D eigenvalue weighted by molar-refractivity contribution is 5.92. The summed E-state index contributed by atoms with van der Waals surface area (Å²) in [6.45, 7) is 3.65. The lowest BCUT2D eigenvalue weighted by Gasteiger charge is -2.31. The number of carbonyl (C=O) groups is 2. The summed E-state index contributed by atoms with van der Waals surface area (Å²) in [5.74, 6) is -0.276. The summed E-state index contributed by atoms with van der Waals surface area (Å²) >= 11 is 0. The number of nitrogens with zero attached hydrogens (tertiary/aromatic N) is 3.